The maximum absolute atomic E-state index is 12.9. The van der Waals surface area contributed by atoms with Gasteiger partial charge in [-0.15, -0.1) is 0 Å². The number of benzene rings is 3. The quantitative estimate of drug-likeness (QED) is 0.457. The zero-order valence-electron chi connectivity index (χ0n) is 17.4. The van der Waals surface area contributed by atoms with Crippen LogP contribution in [0.5, 0.6) is 0 Å². The highest BCUT2D eigenvalue weighted by Gasteiger charge is 2.51. The number of carbonyl (C=O) groups is 1. The number of esters is 1. The summed E-state index contributed by atoms with van der Waals surface area (Å²) >= 11 is 0. The summed E-state index contributed by atoms with van der Waals surface area (Å²) in [6.07, 6.45) is 0.543. The molecule has 0 aliphatic carbocycles. The molecule has 0 saturated carbocycles. The topological polar surface area (TPSA) is 38.8 Å². The summed E-state index contributed by atoms with van der Waals surface area (Å²) in [6.45, 7) is 0.620. The van der Waals surface area contributed by atoms with Gasteiger partial charge in [-0.2, -0.15) is 0 Å². The highest BCUT2D eigenvalue weighted by molar-refractivity contribution is 5.77. The summed E-state index contributed by atoms with van der Waals surface area (Å²) in [5, 5.41) is 0. The van der Waals surface area contributed by atoms with E-state index in [1.54, 1.807) is 7.11 Å². The second-order valence-corrected chi connectivity index (χ2v) is 7.59. The Bertz CT molecular complexity index is 863. The lowest BCUT2D eigenvalue weighted by atomic mass is 9.75. The van der Waals surface area contributed by atoms with Crippen LogP contribution in [0, 0.1) is 0 Å². The minimum Gasteiger partial charge on any atom is -0.468 e. The fraction of sp³-hybridized carbons (Fsp3) is 0.269. The number of rotatable bonds is 6. The Hall–Kier alpha value is -2.95. The molecule has 0 aromatic heterocycles. The van der Waals surface area contributed by atoms with Crippen molar-refractivity contribution < 1.29 is 14.3 Å². The maximum Gasteiger partial charge on any atom is 0.323 e. The van der Waals surface area contributed by atoms with Crippen LogP contribution in [-0.4, -0.2) is 43.8 Å². The minimum atomic E-state index is -0.657. The molecule has 1 heterocycles. The average molecular weight is 402 g/mol. The van der Waals surface area contributed by atoms with E-state index in [1.165, 1.54) is 7.11 Å². The van der Waals surface area contributed by atoms with Crippen molar-refractivity contribution in [3.05, 3.63) is 108 Å². The third kappa shape index (κ3) is 3.42. The molecule has 0 N–H and O–H groups in total. The van der Waals surface area contributed by atoms with Gasteiger partial charge in [-0.05, 0) is 16.7 Å². The second kappa shape index (κ2) is 8.82. The van der Waals surface area contributed by atoms with Gasteiger partial charge in [0.2, 0.25) is 0 Å². The van der Waals surface area contributed by atoms with Crippen molar-refractivity contribution in [2.24, 2.45) is 0 Å². The normalized spacial score (nSPS) is 19.5. The van der Waals surface area contributed by atoms with Crippen molar-refractivity contribution >= 4 is 5.97 Å². The summed E-state index contributed by atoms with van der Waals surface area (Å²) < 4.78 is 10.9. The Labute approximate surface area is 178 Å². The molecule has 1 aliphatic heterocycles. The molecule has 4 nitrogen and oxygen atoms in total. The summed E-state index contributed by atoms with van der Waals surface area (Å²) in [6, 6.07) is 30.7. The van der Waals surface area contributed by atoms with E-state index in [0.29, 0.717) is 13.0 Å². The largest absolute Gasteiger partial charge is 0.468 e. The van der Waals surface area contributed by atoms with Gasteiger partial charge < -0.3 is 9.47 Å². The third-order valence-electron chi connectivity index (χ3n) is 6.07. The van der Waals surface area contributed by atoms with Gasteiger partial charge in [0.25, 0.3) is 0 Å². The highest BCUT2D eigenvalue weighted by atomic mass is 16.5. The number of likely N-dealkylation sites (tertiary alicyclic amines) is 1. The molecular formula is C26H27NO3. The molecular weight excluding hydrogens is 374 g/mol. The van der Waals surface area contributed by atoms with Crippen LogP contribution in [-0.2, 0) is 19.8 Å². The SMILES string of the molecule is COC(=O)C1CC(OC)CN1C(c1ccccc1)(c1ccccc1)c1ccccc1. The molecule has 3 aromatic rings. The fourth-order valence-electron chi connectivity index (χ4n) is 4.73. The molecule has 2 unspecified atom stereocenters. The van der Waals surface area contributed by atoms with Crippen LogP contribution in [0.15, 0.2) is 91.0 Å². The van der Waals surface area contributed by atoms with Gasteiger partial charge in [-0.1, -0.05) is 91.0 Å². The molecule has 0 spiro atoms. The van der Waals surface area contributed by atoms with E-state index in [1.807, 2.05) is 54.6 Å². The summed E-state index contributed by atoms with van der Waals surface area (Å²) in [5.41, 5.74) is 2.66. The molecule has 0 bridgehead atoms. The van der Waals surface area contributed by atoms with Crippen LogP contribution in [0.25, 0.3) is 0 Å². The van der Waals surface area contributed by atoms with Crippen molar-refractivity contribution in [2.75, 3.05) is 20.8 Å². The van der Waals surface area contributed by atoms with E-state index < -0.39 is 11.6 Å². The number of methoxy groups -OCH3 is 2. The molecule has 3 aromatic carbocycles. The molecule has 1 aliphatic rings. The Kier molecular flexibility index (Phi) is 5.98. The van der Waals surface area contributed by atoms with Crippen LogP contribution >= 0.6 is 0 Å². The Morgan fingerprint density at radius 1 is 0.800 bits per heavy atom. The first-order chi connectivity index (χ1) is 14.7. The summed E-state index contributed by atoms with van der Waals surface area (Å²) in [7, 11) is 3.16. The Morgan fingerprint density at radius 2 is 1.23 bits per heavy atom. The lowest BCUT2D eigenvalue weighted by Gasteiger charge is -2.45. The van der Waals surface area contributed by atoms with Gasteiger partial charge in [0.1, 0.15) is 6.04 Å². The lowest BCUT2D eigenvalue weighted by molar-refractivity contribution is -0.147. The van der Waals surface area contributed by atoms with E-state index in [0.717, 1.165) is 16.7 Å². The standard InChI is InChI=1S/C26H27NO3/c1-29-23-18-24(25(28)30-2)27(19-23)26(20-12-6-3-7-13-20,21-14-8-4-9-15-21)22-16-10-5-11-17-22/h3-17,23-24H,18-19H2,1-2H3. The first-order valence-corrected chi connectivity index (χ1v) is 10.3. The van der Waals surface area contributed by atoms with Crippen molar-refractivity contribution in [3.63, 3.8) is 0 Å². The van der Waals surface area contributed by atoms with Gasteiger partial charge in [0.05, 0.1) is 18.8 Å². The number of carbonyl (C=O) groups excluding carboxylic acids is 1. The molecule has 4 rings (SSSR count). The van der Waals surface area contributed by atoms with Crippen LogP contribution in [0.1, 0.15) is 23.1 Å². The van der Waals surface area contributed by atoms with E-state index in [4.69, 9.17) is 9.47 Å². The molecule has 4 heteroatoms. The molecule has 1 saturated heterocycles. The minimum absolute atomic E-state index is 0.0513. The number of hydrogen-bond donors (Lipinski definition) is 0. The predicted molar refractivity (Wildman–Crippen MR) is 117 cm³/mol. The molecule has 0 radical (unpaired) electrons. The second-order valence-electron chi connectivity index (χ2n) is 7.59. The molecule has 154 valence electrons. The third-order valence-corrected chi connectivity index (χ3v) is 6.07. The smallest absolute Gasteiger partial charge is 0.323 e. The first kappa shape index (κ1) is 20.3. The van der Waals surface area contributed by atoms with E-state index in [2.05, 4.69) is 41.3 Å². The van der Waals surface area contributed by atoms with Gasteiger partial charge in [-0.25, -0.2) is 0 Å². The Morgan fingerprint density at radius 3 is 1.60 bits per heavy atom. The highest BCUT2D eigenvalue weighted by Crippen LogP contribution is 2.46. The van der Waals surface area contributed by atoms with Crippen LogP contribution in [0.2, 0.25) is 0 Å². The monoisotopic (exact) mass is 401 g/mol. The molecule has 2 atom stereocenters. The van der Waals surface area contributed by atoms with Crippen molar-refractivity contribution in [1.82, 2.24) is 4.90 Å². The lowest BCUT2D eigenvalue weighted by Crippen LogP contribution is -2.53. The van der Waals surface area contributed by atoms with Crippen LogP contribution in [0.3, 0.4) is 0 Å². The van der Waals surface area contributed by atoms with Gasteiger partial charge in [-0.3, -0.25) is 9.69 Å². The van der Waals surface area contributed by atoms with Crippen molar-refractivity contribution in [1.29, 1.82) is 0 Å². The zero-order chi connectivity index (χ0) is 21.0. The van der Waals surface area contributed by atoms with Crippen LogP contribution in [0.4, 0.5) is 0 Å². The fourth-order valence-corrected chi connectivity index (χ4v) is 4.73. The van der Waals surface area contributed by atoms with Gasteiger partial charge >= 0.3 is 5.97 Å². The van der Waals surface area contributed by atoms with E-state index in [-0.39, 0.29) is 12.1 Å². The summed E-state index contributed by atoms with van der Waals surface area (Å²) in [4.78, 5) is 15.2. The van der Waals surface area contributed by atoms with E-state index >= 15 is 0 Å². The molecule has 30 heavy (non-hydrogen) atoms. The Balaban J connectivity index is 2.03. The molecule has 0 amide bonds. The first-order valence-electron chi connectivity index (χ1n) is 10.3. The van der Waals surface area contributed by atoms with Crippen molar-refractivity contribution in [2.45, 2.75) is 24.1 Å². The van der Waals surface area contributed by atoms with Crippen molar-refractivity contribution in [3.8, 4) is 0 Å². The molecule has 1 fully saturated rings. The number of nitrogens with zero attached hydrogens (tertiary/aromatic N) is 1. The number of ether oxygens (including phenoxy) is 2. The van der Waals surface area contributed by atoms with E-state index in [9.17, 15) is 4.79 Å². The predicted octanol–water partition coefficient (Wildman–Crippen LogP) is 4.24. The maximum atomic E-state index is 12.9. The number of hydrogen-bond acceptors (Lipinski definition) is 4. The zero-order valence-corrected chi connectivity index (χ0v) is 17.4. The van der Waals surface area contributed by atoms with Gasteiger partial charge in [0.15, 0.2) is 0 Å². The van der Waals surface area contributed by atoms with Gasteiger partial charge in [0, 0.05) is 20.1 Å². The van der Waals surface area contributed by atoms with Crippen LogP contribution < -0.4 is 0 Å². The summed E-state index contributed by atoms with van der Waals surface area (Å²) in [5.74, 6) is -0.235. The average Bonchev–Trinajstić information content (AvgIpc) is 3.26.